The third-order valence-corrected chi connectivity index (χ3v) is 4.23. The summed E-state index contributed by atoms with van der Waals surface area (Å²) < 4.78 is 11.2. The first-order chi connectivity index (χ1) is 11.8. The molecule has 138 valence electrons. The molecular weight excluding hydrogens is 344 g/mol. The number of nitrogens with zero attached hydrogens (tertiary/aromatic N) is 2. The lowest BCUT2D eigenvalue weighted by Crippen LogP contribution is -2.42. The predicted octanol–water partition coefficient (Wildman–Crippen LogP) is 4.09. The summed E-state index contributed by atoms with van der Waals surface area (Å²) in [5.74, 6) is 1.14. The van der Waals surface area contributed by atoms with Crippen LogP contribution in [-0.4, -0.2) is 46.7 Å². The first kappa shape index (κ1) is 19.4. The lowest BCUT2D eigenvalue weighted by molar-refractivity contribution is 0.0165. The van der Waals surface area contributed by atoms with Crippen LogP contribution in [0.3, 0.4) is 0 Å². The van der Waals surface area contributed by atoms with Crippen molar-refractivity contribution in [2.45, 2.75) is 39.2 Å². The second kappa shape index (κ2) is 8.43. The topological polar surface area (TPSA) is 71.4 Å². The zero-order valence-electron chi connectivity index (χ0n) is 14.9. The molecule has 0 aliphatic carbocycles. The maximum absolute atomic E-state index is 12.0. The van der Waals surface area contributed by atoms with Crippen LogP contribution in [0, 0.1) is 5.92 Å². The molecule has 0 saturated carbocycles. The molecule has 1 N–H and O–H groups in total. The highest BCUT2D eigenvalue weighted by atomic mass is 35.5. The number of carbonyl (C=O) groups excluding carboxylic acids is 1. The normalized spacial score (nSPS) is 16.6. The Bertz CT molecular complexity index is 602. The highest BCUT2D eigenvalue weighted by molar-refractivity contribution is 6.69. The molecular formula is C18H25ClN2O4. The van der Waals surface area contributed by atoms with Crippen molar-refractivity contribution < 1.29 is 19.5 Å². The van der Waals surface area contributed by atoms with Gasteiger partial charge in [0, 0.05) is 18.7 Å². The van der Waals surface area contributed by atoms with Crippen LogP contribution in [0.1, 0.15) is 39.2 Å². The molecule has 0 unspecified atom stereocenters. The maximum atomic E-state index is 12.0. The van der Waals surface area contributed by atoms with E-state index >= 15 is 0 Å². The van der Waals surface area contributed by atoms with Gasteiger partial charge in [-0.15, -0.1) is 0 Å². The van der Waals surface area contributed by atoms with E-state index in [1.165, 1.54) is 0 Å². The lowest BCUT2D eigenvalue weighted by Gasteiger charge is -2.33. The van der Waals surface area contributed by atoms with E-state index in [-0.39, 0.29) is 11.3 Å². The van der Waals surface area contributed by atoms with Gasteiger partial charge in [0.05, 0.1) is 6.61 Å². The Morgan fingerprint density at radius 2 is 1.88 bits per heavy atom. The molecule has 1 saturated heterocycles. The molecule has 1 aliphatic heterocycles. The first-order valence-electron chi connectivity index (χ1n) is 8.37. The molecule has 1 fully saturated rings. The number of carbonyl (C=O) groups is 1. The lowest BCUT2D eigenvalue weighted by atomic mass is 9.98. The fourth-order valence-corrected chi connectivity index (χ4v) is 2.70. The van der Waals surface area contributed by atoms with E-state index < -0.39 is 5.60 Å². The van der Waals surface area contributed by atoms with Crippen LogP contribution in [-0.2, 0) is 4.74 Å². The average Bonchev–Trinajstić information content (AvgIpc) is 2.58. The van der Waals surface area contributed by atoms with Gasteiger partial charge in [-0.1, -0.05) is 16.8 Å². The van der Waals surface area contributed by atoms with Crippen LogP contribution >= 0.6 is 11.6 Å². The molecule has 0 bridgehead atoms. The van der Waals surface area contributed by atoms with Gasteiger partial charge in [0.15, 0.2) is 5.17 Å². The number of hydrogen-bond donors (Lipinski definition) is 1. The standard InChI is InChI=1S/C18H25ClN2O4/c1-18(2,3)25-17(22)21-10-8-13(9-11-21)12-24-15-6-4-14(5-7-15)16(19)20-23/h4-7,13,23H,8-12H2,1-3H3/b20-16-. The number of amides is 1. The fourth-order valence-electron chi connectivity index (χ4n) is 2.57. The summed E-state index contributed by atoms with van der Waals surface area (Å²) >= 11 is 5.74. The number of hydrogen-bond acceptors (Lipinski definition) is 5. The molecule has 1 aliphatic rings. The zero-order valence-corrected chi connectivity index (χ0v) is 15.6. The second-order valence-electron chi connectivity index (χ2n) is 7.14. The number of likely N-dealkylation sites (tertiary alicyclic amines) is 1. The number of rotatable bonds is 4. The Kier molecular flexibility index (Phi) is 6.53. The molecule has 0 radical (unpaired) electrons. The van der Waals surface area contributed by atoms with Gasteiger partial charge in [-0.2, -0.15) is 0 Å². The first-order valence-corrected chi connectivity index (χ1v) is 8.75. The van der Waals surface area contributed by atoms with Crippen LogP contribution in [0.4, 0.5) is 4.79 Å². The summed E-state index contributed by atoms with van der Waals surface area (Å²) in [6, 6.07) is 7.06. The van der Waals surface area contributed by atoms with Gasteiger partial charge in [-0.05, 0) is 63.8 Å². The van der Waals surface area contributed by atoms with Crippen molar-refractivity contribution in [1.29, 1.82) is 0 Å². The van der Waals surface area contributed by atoms with E-state index in [0.717, 1.165) is 18.6 Å². The molecule has 2 rings (SSSR count). The second-order valence-corrected chi connectivity index (χ2v) is 7.49. The number of oxime groups is 1. The monoisotopic (exact) mass is 368 g/mol. The van der Waals surface area contributed by atoms with Crippen molar-refractivity contribution in [3.63, 3.8) is 0 Å². The Labute approximate surface area is 153 Å². The van der Waals surface area contributed by atoms with Gasteiger partial charge in [0.25, 0.3) is 0 Å². The number of ether oxygens (including phenoxy) is 2. The van der Waals surface area contributed by atoms with E-state index in [2.05, 4.69) is 5.16 Å². The number of piperidine rings is 1. The quantitative estimate of drug-likeness (QED) is 0.493. The highest BCUT2D eigenvalue weighted by Gasteiger charge is 2.27. The number of halogens is 1. The molecule has 6 nitrogen and oxygen atoms in total. The van der Waals surface area contributed by atoms with Crippen molar-refractivity contribution in [3.8, 4) is 5.75 Å². The summed E-state index contributed by atoms with van der Waals surface area (Å²) in [4.78, 5) is 13.8. The minimum Gasteiger partial charge on any atom is -0.493 e. The molecule has 1 heterocycles. The average molecular weight is 369 g/mol. The Morgan fingerprint density at radius 3 is 2.40 bits per heavy atom. The molecule has 1 aromatic carbocycles. The van der Waals surface area contributed by atoms with E-state index in [4.69, 9.17) is 26.3 Å². The van der Waals surface area contributed by atoms with Crippen LogP contribution in [0.15, 0.2) is 29.4 Å². The van der Waals surface area contributed by atoms with Crippen molar-refractivity contribution in [2.75, 3.05) is 19.7 Å². The summed E-state index contributed by atoms with van der Waals surface area (Å²) in [5, 5.41) is 11.6. The van der Waals surface area contributed by atoms with Gasteiger partial charge in [-0.25, -0.2) is 4.79 Å². The molecule has 1 amide bonds. The van der Waals surface area contributed by atoms with Crippen molar-refractivity contribution >= 4 is 22.9 Å². The van der Waals surface area contributed by atoms with Crippen LogP contribution in [0.2, 0.25) is 0 Å². The highest BCUT2D eigenvalue weighted by Crippen LogP contribution is 2.22. The summed E-state index contributed by atoms with van der Waals surface area (Å²) in [5.41, 5.74) is 0.162. The summed E-state index contributed by atoms with van der Waals surface area (Å²) in [6.45, 7) is 7.58. The third-order valence-electron chi connectivity index (χ3n) is 3.93. The Balaban J connectivity index is 1.76. The van der Waals surface area contributed by atoms with Crippen LogP contribution in [0.25, 0.3) is 0 Å². The van der Waals surface area contributed by atoms with Gasteiger partial charge in [-0.3, -0.25) is 0 Å². The predicted molar refractivity (Wildman–Crippen MR) is 96.6 cm³/mol. The molecule has 0 atom stereocenters. The van der Waals surface area contributed by atoms with Crippen molar-refractivity contribution in [2.24, 2.45) is 11.1 Å². The molecule has 25 heavy (non-hydrogen) atoms. The van der Waals surface area contributed by atoms with E-state index in [9.17, 15) is 4.79 Å². The van der Waals surface area contributed by atoms with Crippen molar-refractivity contribution in [1.82, 2.24) is 4.90 Å². The smallest absolute Gasteiger partial charge is 0.410 e. The van der Waals surface area contributed by atoms with E-state index in [1.54, 1.807) is 29.2 Å². The van der Waals surface area contributed by atoms with Crippen molar-refractivity contribution in [3.05, 3.63) is 29.8 Å². The molecule has 7 heteroatoms. The number of benzene rings is 1. The van der Waals surface area contributed by atoms with E-state index in [0.29, 0.717) is 31.2 Å². The van der Waals surface area contributed by atoms with Crippen LogP contribution in [0.5, 0.6) is 5.75 Å². The van der Waals surface area contributed by atoms with Gasteiger partial charge >= 0.3 is 6.09 Å². The summed E-state index contributed by atoms with van der Waals surface area (Å²) in [6.07, 6.45) is 1.53. The van der Waals surface area contributed by atoms with E-state index in [1.807, 2.05) is 20.8 Å². The summed E-state index contributed by atoms with van der Waals surface area (Å²) in [7, 11) is 0. The fraction of sp³-hybridized carbons (Fsp3) is 0.556. The molecule has 0 aromatic heterocycles. The Morgan fingerprint density at radius 1 is 1.28 bits per heavy atom. The zero-order chi connectivity index (χ0) is 18.4. The molecule has 1 aromatic rings. The van der Waals surface area contributed by atoms with Gasteiger partial charge in [0.1, 0.15) is 11.4 Å². The largest absolute Gasteiger partial charge is 0.493 e. The molecule has 0 spiro atoms. The Hall–Kier alpha value is -1.95. The minimum absolute atomic E-state index is 0.0427. The van der Waals surface area contributed by atoms with Gasteiger partial charge < -0.3 is 19.6 Å². The minimum atomic E-state index is -0.465. The SMILES string of the molecule is CC(C)(C)OC(=O)N1CCC(COc2ccc(/C(Cl)=N/O)cc2)CC1. The van der Waals surface area contributed by atoms with Crippen LogP contribution < -0.4 is 4.74 Å². The maximum Gasteiger partial charge on any atom is 0.410 e. The van der Waals surface area contributed by atoms with Gasteiger partial charge in [0.2, 0.25) is 0 Å². The third kappa shape index (κ3) is 6.12.